The third-order valence-corrected chi connectivity index (χ3v) is 6.01. The van der Waals surface area contributed by atoms with Crippen molar-refractivity contribution in [1.29, 1.82) is 0 Å². The molecule has 0 N–H and O–H groups in total. The molecule has 1 aliphatic rings. The number of ketones is 1. The summed E-state index contributed by atoms with van der Waals surface area (Å²) in [5.41, 5.74) is 0.734. The number of nitrogens with zero attached hydrogens (tertiary/aromatic N) is 3. The largest absolute Gasteiger partial charge is 0.474 e. The Morgan fingerprint density at radius 2 is 1.82 bits per heavy atom. The van der Waals surface area contributed by atoms with Gasteiger partial charge >= 0.3 is 6.09 Å². The summed E-state index contributed by atoms with van der Waals surface area (Å²) in [6.07, 6.45) is 4.55. The highest BCUT2D eigenvalue weighted by Gasteiger charge is 2.28. The maximum atomic E-state index is 12.9. The molecule has 0 saturated carbocycles. The normalized spacial score (nSPS) is 14.8. The van der Waals surface area contributed by atoms with Crippen LogP contribution in [0.3, 0.4) is 0 Å². The lowest BCUT2D eigenvalue weighted by Gasteiger charge is -2.33. The van der Waals surface area contributed by atoms with Gasteiger partial charge < -0.3 is 14.4 Å². The van der Waals surface area contributed by atoms with E-state index >= 15 is 0 Å². The number of hydrogen-bond donors (Lipinski definition) is 0. The van der Waals surface area contributed by atoms with Crippen LogP contribution in [0.5, 0.6) is 5.88 Å². The third kappa shape index (κ3) is 6.32. The third-order valence-electron chi connectivity index (χ3n) is 5.52. The van der Waals surface area contributed by atoms with E-state index in [9.17, 15) is 9.59 Å². The van der Waals surface area contributed by atoms with Crippen LogP contribution in [0.15, 0.2) is 53.3 Å². The molecule has 3 heterocycles. The Hall–Kier alpha value is -3.00. The highest BCUT2D eigenvalue weighted by atomic mass is 79.9. The first-order valence-corrected chi connectivity index (χ1v) is 12.1. The van der Waals surface area contributed by atoms with Crippen LogP contribution in [0.25, 0.3) is 10.8 Å². The molecule has 0 atom stereocenters. The Morgan fingerprint density at radius 1 is 1.06 bits per heavy atom. The first-order valence-electron chi connectivity index (χ1n) is 11.3. The Labute approximate surface area is 207 Å². The van der Waals surface area contributed by atoms with E-state index in [2.05, 4.69) is 25.9 Å². The number of rotatable bonds is 5. The average molecular weight is 526 g/mol. The Morgan fingerprint density at radius 3 is 2.56 bits per heavy atom. The van der Waals surface area contributed by atoms with Gasteiger partial charge in [0.15, 0.2) is 5.78 Å². The summed E-state index contributed by atoms with van der Waals surface area (Å²) in [4.78, 5) is 35.6. The summed E-state index contributed by atoms with van der Waals surface area (Å²) < 4.78 is 12.5. The van der Waals surface area contributed by atoms with Gasteiger partial charge in [0.05, 0.1) is 6.42 Å². The fourth-order valence-electron chi connectivity index (χ4n) is 3.82. The van der Waals surface area contributed by atoms with Crippen molar-refractivity contribution >= 4 is 38.6 Å². The van der Waals surface area contributed by atoms with Crippen LogP contribution in [0.1, 0.15) is 49.7 Å². The summed E-state index contributed by atoms with van der Waals surface area (Å²) in [6.45, 7) is 6.69. The minimum absolute atomic E-state index is 0.0474. The van der Waals surface area contributed by atoms with Gasteiger partial charge in [-0.05, 0) is 50.4 Å². The number of ether oxygens (including phenoxy) is 2. The number of carbonyl (C=O) groups excluding carboxylic acids is 2. The fourth-order valence-corrected chi connectivity index (χ4v) is 4.20. The van der Waals surface area contributed by atoms with Crippen LogP contribution in [-0.2, 0) is 11.2 Å². The highest BCUT2D eigenvalue weighted by molar-refractivity contribution is 9.10. The van der Waals surface area contributed by atoms with Gasteiger partial charge in [0.2, 0.25) is 5.88 Å². The second-order valence-corrected chi connectivity index (χ2v) is 10.4. The molecule has 2 aromatic heterocycles. The molecule has 1 saturated heterocycles. The lowest BCUT2D eigenvalue weighted by molar-refractivity contribution is 0.0123. The van der Waals surface area contributed by atoms with E-state index < -0.39 is 5.60 Å². The number of pyridine rings is 2. The molecule has 0 radical (unpaired) electrons. The van der Waals surface area contributed by atoms with Crippen molar-refractivity contribution in [3.8, 4) is 5.88 Å². The van der Waals surface area contributed by atoms with Gasteiger partial charge in [-0.1, -0.05) is 22.0 Å². The van der Waals surface area contributed by atoms with Crippen LogP contribution >= 0.6 is 15.9 Å². The molecule has 7 nitrogen and oxygen atoms in total. The Kier molecular flexibility index (Phi) is 7.16. The van der Waals surface area contributed by atoms with Crippen molar-refractivity contribution < 1.29 is 19.1 Å². The molecular formula is C26H28BrN3O4. The summed E-state index contributed by atoms with van der Waals surface area (Å²) in [6, 6.07) is 11.3. The monoisotopic (exact) mass is 525 g/mol. The topological polar surface area (TPSA) is 81.6 Å². The molecule has 1 fully saturated rings. The lowest BCUT2D eigenvalue weighted by Crippen LogP contribution is -2.44. The van der Waals surface area contributed by atoms with Gasteiger partial charge in [0.25, 0.3) is 0 Å². The first kappa shape index (κ1) is 24.1. The second-order valence-electron chi connectivity index (χ2n) is 9.43. The lowest BCUT2D eigenvalue weighted by atomic mass is 10.1. The number of amides is 1. The SMILES string of the molecule is CC(C)(C)OC(=O)N1CCC(Oc2cc(C(=O)Cc3cc4cc(Br)ccc4cn3)ccn2)CC1. The van der Waals surface area contributed by atoms with E-state index in [0.717, 1.165) is 15.2 Å². The number of fused-ring (bicyclic) bond motifs is 1. The van der Waals surface area contributed by atoms with Crippen molar-refractivity contribution in [3.05, 3.63) is 64.5 Å². The maximum Gasteiger partial charge on any atom is 0.410 e. The molecule has 0 unspecified atom stereocenters. The number of benzene rings is 1. The van der Waals surface area contributed by atoms with Crippen LogP contribution < -0.4 is 4.74 Å². The molecule has 3 aromatic rings. The molecule has 1 amide bonds. The predicted molar refractivity (Wildman–Crippen MR) is 133 cm³/mol. The van der Waals surface area contributed by atoms with E-state index in [4.69, 9.17) is 9.47 Å². The summed E-state index contributed by atoms with van der Waals surface area (Å²) in [7, 11) is 0. The zero-order chi connectivity index (χ0) is 24.3. The van der Waals surface area contributed by atoms with Gasteiger partial charge in [-0.3, -0.25) is 9.78 Å². The van der Waals surface area contributed by atoms with Crippen molar-refractivity contribution in [3.63, 3.8) is 0 Å². The average Bonchev–Trinajstić information content (AvgIpc) is 2.78. The number of Topliss-reactive ketones (excluding diaryl/α,β-unsaturated/α-hetero) is 1. The number of likely N-dealkylation sites (tertiary alicyclic amines) is 1. The molecule has 1 aromatic carbocycles. The standard InChI is InChI=1S/C26H28BrN3O4/c1-26(2,3)34-25(32)30-10-7-22(8-11-30)33-24-14-17(6-9-28-24)23(31)15-21-13-19-12-20(27)5-4-18(19)16-29-21/h4-6,9,12-14,16,22H,7-8,10-11,15H2,1-3H3. The van der Waals surface area contributed by atoms with Crippen LogP contribution in [0.2, 0.25) is 0 Å². The van der Waals surface area contributed by atoms with Gasteiger partial charge in [-0.15, -0.1) is 0 Å². The quantitative estimate of drug-likeness (QED) is 0.403. The number of piperidine rings is 1. The molecule has 178 valence electrons. The summed E-state index contributed by atoms with van der Waals surface area (Å²) in [5.74, 6) is 0.366. The molecule has 8 heteroatoms. The van der Waals surface area contributed by atoms with Crippen LogP contribution in [0, 0.1) is 0 Å². The minimum Gasteiger partial charge on any atom is -0.474 e. The Balaban J connectivity index is 1.35. The van der Waals surface area contributed by atoms with Gasteiger partial charge in [0.1, 0.15) is 11.7 Å². The number of halogens is 1. The number of carbonyl (C=O) groups is 2. The molecule has 4 rings (SSSR count). The van der Waals surface area contributed by atoms with Crippen molar-refractivity contribution in [2.75, 3.05) is 13.1 Å². The van der Waals surface area contributed by atoms with Gasteiger partial charge in [-0.2, -0.15) is 0 Å². The number of aromatic nitrogens is 2. The zero-order valence-corrected chi connectivity index (χ0v) is 21.2. The van der Waals surface area contributed by atoms with Gasteiger partial charge in [-0.25, -0.2) is 9.78 Å². The molecule has 1 aliphatic heterocycles. The van der Waals surface area contributed by atoms with E-state index in [1.807, 2.05) is 45.0 Å². The fraction of sp³-hybridized carbons (Fsp3) is 0.385. The van der Waals surface area contributed by atoms with E-state index in [1.165, 1.54) is 0 Å². The number of hydrogen-bond acceptors (Lipinski definition) is 6. The summed E-state index contributed by atoms with van der Waals surface area (Å²) >= 11 is 3.48. The van der Waals surface area contributed by atoms with Gasteiger partial charge in [0, 0.05) is 65.5 Å². The second kappa shape index (κ2) is 10.1. The highest BCUT2D eigenvalue weighted by Crippen LogP contribution is 2.22. The maximum absolute atomic E-state index is 12.9. The predicted octanol–water partition coefficient (Wildman–Crippen LogP) is 5.60. The van der Waals surface area contributed by atoms with Crippen LogP contribution in [-0.4, -0.2) is 51.5 Å². The molecule has 0 bridgehead atoms. The molecule has 0 spiro atoms. The molecule has 0 aliphatic carbocycles. The molecule has 34 heavy (non-hydrogen) atoms. The van der Waals surface area contributed by atoms with Crippen molar-refractivity contribution in [2.24, 2.45) is 0 Å². The van der Waals surface area contributed by atoms with E-state index in [-0.39, 0.29) is 24.4 Å². The zero-order valence-electron chi connectivity index (χ0n) is 19.6. The smallest absolute Gasteiger partial charge is 0.410 e. The minimum atomic E-state index is -0.513. The van der Waals surface area contributed by atoms with E-state index in [0.29, 0.717) is 43.1 Å². The van der Waals surface area contributed by atoms with Crippen molar-refractivity contribution in [2.45, 2.75) is 51.7 Å². The molecular weight excluding hydrogens is 498 g/mol. The summed E-state index contributed by atoms with van der Waals surface area (Å²) in [5, 5.41) is 2.06. The van der Waals surface area contributed by atoms with Crippen molar-refractivity contribution in [1.82, 2.24) is 14.9 Å². The Bertz CT molecular complexity index is 1200. The van der Waals surface area contributed by atoms with E-state index in [1.54, 1.807) is 29.4 Å². The first-order chi connectivity index (χ1) is 16.2. The van der Waals surface area contributed by atoms with Crippen LogP contribution in [0.4, 0.5) is 4.79 Å².